The Hall–Kier alpha value is -0.420. The molecule has 3 heteroatoms. The van der Waals surface area contributed by atoms with Gasteiger partial charge in [0.25, 0.3) is 0 Å². The van der Waals surface area contributed by atoms with Gasteiger partial charge in [0.2, 0.25) is 0 Å². The Balaban J connectivity index is 2.40. The Bertz CT molecular complexity index is 610. The van der Waals surface area contributed by atoms with Crippen molar-refractivity contribution in [3.63, 3.8) is 0 Å². The van der Waals surface area contributed by atoms with Crippen molar-refractivity contribution in [1.82, 2.24) is 0 Å². The maximum absolute atomic E-state index is 13.2. The summed E-state index contributed by atoms with van der Waals surface area (Å²) in [6, 6.07) is 11.6. The van der Waals surface area contributed by atoms with Crippen LogP contribution in [0.25, 0.3) is 0 Å². The molecule has 0 aromatic heterocycles. The number of hydrogen-bond acceptors (Lipinski definition) is 0. The second-order valence-electron chi connectivity index (χ2n) is 4.76. The van der Waals surface area contributed by atoms with Crippen LogP contribution in [0, 0.1) is 9.39 Å². The monoisotopic (exact) mass is 446 g/mol. The molecule has 0 N–H and O–H groups in total. The molecule has 0 saturated carbocycles. The maximum atomic E-state index is 13.2. The molecule has 0 saturated heterocycles. The van der Waals surface area contributed by atoms with E-state index in [1.807, 2.05) is 6.07 Å². The van der Waals surface area contributed by atoms with Gasteiger partial charge in [-0.2, -0.15) is 0 Å². The van der Waals surface area contributed by atoms with E-state index in [0.29, 0.717) is 0 Å². The molecule has 0 radical (unpaired) electrons. The predicted octanol–water partition coefficient (Wildman–Crippen LogP) is 6.04. The number of alkyl halides is 1. The van der Waals surface area contributed by atoms with E-state index >= 15 is 0 Å². The molecule has 0 aliphatic heterocycles. The van der Waals surface area contributed by atoms with Gasteiger partial charge in [-0.3, -0.25) is 0 Å². The molecule has 0 aliphatic carbocycles. The second-order valence-corrected chi connectivity index (χ2v) is 6.84. The number of benzene rings is 2. The number of aryl methyl sites for hydroxylation is 2. The molecule has 106 valence electrons. The predicted molar refractivity (Wildman–Crippen MR) is 95.1 cm³/mol. The second kappa shape index (κ2) is 7.03. The summed E-state index contributed by atoms with van der Waals surface area (Å²) in [5.74, 6) is -0.187. The lowest BCUT2D eigenvalue weighted by atomic mass is 9.96. The SMILES string of the molecule is CCc1ccc(C(Br)c2ccc(F)cc2I)cc1CC. The molecule has 0 bridgehead atoms. The first kappa shape index (κ1) is 16.0. The van der Waals surface area contributed by atoms with Crippen LogP contribution < -0.4 is 0 Å². The zero-order valence-electron chi connectivity index (χ0n) is 11.6. The Morgan fingerprint density at radius 2 is 1.75 bits per heavy atom. The standard InChI is InChI=1S/C17H17BrFI/c1-3-11-5-6-13(9-12(11)4-2)17(18)15-8-7-14(19)10-16(15)20/h5-10,17H,3-4H2,1-2H3. The number of hydrogen-bond donors (Lipinski definition) is 0. The molecule has 0 fully saturated rings. The van der Waals surface area contributed by atoms with Gasteiger partial charge >= 0.3 is 0 Å². The van der Waals surface area contributed by atoms with Crippen LogP contribution >= 0.6 is 38.5 Å². The minimum atomic E-state index is -0.187. The molecule has 2 aromatic rings. The van der Waals surface area contributed by atoms with Crippen LogP contribution in [0.2, 0.25) is 0 Å². The quantitative estimate of drug-likeness (QED) is 0.396. The van der Waals surface area contributed by atoms with E-state index in [9.17, 15) is 4.39 Å². The van der Waals surface area contributed by atoms with Crippen LogP contribution in [0.4, 0.5) is 4.39 Å². The molecule has 0 spiro atoms. The molecular weight excluding hydrogens is 430 g/mol. The van der Waals surface area contributed by atoms with E-state index in [2.05, 4.69) is 70.6 Å². The first-order valence-electron chi connectivity index (χ1n) is 6.77. The zero-order chi connectivity index (χ0) is 14.7. The molecule has 2 aromatic carbocycles. The highest BCUT2D eigenvalue weighted by Gasteiger charge is 2.15. The minimum absolute atomic E-state index is 0.103. The summed E-state index contributed by atoms with van der Waals surface area (Å²) in [6.07, 6.45) is 2.10. The summed E-state index contributed by atoms with van der Waals surface area (Å²) < 4.78 is 14.2. The van der Waals surface area contributed by atoms with Crippen molar-refractivity contribution >= 4 is 38.5 Å². The van der Waals surface area contributed by atoms with Gasteiger partial charge in [0.05, 0.1) is 4.83 Å². The molecule has 1 unspecified atom stereocenters. The van der Waals surface area contributed by atoms with Crippen molar-refractivity contribution in [1.29, 1.82) is 0 Å². The smallest absolute Gasteiger partial charge is 0.124 e. The Morgan fingerprint density at radius 1 is 1.05 bits per heavy atom. The van der Waals surface area contributed by atoms with E-state index in [0.717, 1.165) is 22.0 Å². The third-order valence-electron chi connectivity index (χ3n) is 3.52. The van der Waals surface area contributed by atoms with E-state index in [1.54, 1.807) is 6.07 Å². The number of rotatable bonds is 4. The van der Waals surface area contributed by atoms with Crippen LogP contribution in [-0.2, 0) is 12.8 Å². The maximum Gasteiger partial charge on any atom is 0.124 e. The van der Waals surface area contributed by atoms with Crippen molar-refractivity contribution < 1.29 is 4.39 Å². The molecule has 0 amide bonds. The van der Waals surface area contributed by atoms with Crippen molar-refractivity contribution in [3.05, 3.63) is 68.0 Å². The fourth-order valence-corrected chi connectivity index (χ4v) is 4.26. The lowest BCUT2D eigenvalue weighted by Gasteiger charge is -2.15. The van der Waals surface area contributed by atoms with Gasteiger partial charge in [-0.25, -0.2) is 4.39 Å². The van der Waals surface area contributed by atoms with Crippen molar-refractivity contribution in [2.75, 3.05) is 0 Å². The van der Waals surface area contributed by atoms with E-state index in [4.69, 9.17) is 0 Å². The van der Waals surface area contributed by atoms with E-state index in [1.165, 1.54) is 22.8 Å². The highest BCUT2D eigenvalue weighted by atomic mass is 127. The summed E-state index contributed by atoms with van der Waals surface area (Å²) in [7, 11) is 0. The van der Waals surface area contributed by atoms with Crippen LogP contribution in [-0.4, -0.2) is 0 Å². The largest absolute Gasteiger partial charge is 0.207 e. The highest BCUT2D eigenvalue weighted by molar-refractivity contribution is 14.1. The fraction of sp³-hybridized carbons (Fsp3) is 0.294. The summed E-state index contributed by atoms with van der Waals surface area (Å²) in [4.78, 5) is 0.103. The highest BCUT2D eigenvalue weighted by Crippen LogP contribution is 2.35. The number of halogens is 3. The Labute approximate surface area is 142 Å². The molecule has 20 heavy (non-hydrogen) atoms. The Kier molecular flexibility index (Phi) is 5.61. The van der Waals surface area contributed by atoms with Gasteiger partial charge < -0.3 is 0 Å². The molecule has 2 rings (SSSR count). The van der Waals surface area contributed by atoms with Gasteiger partial charge in [-0.05, 0) is 69.8 Å². The van der Waals surface area contributed by atoms with Gasteiger partial charge in [0.1, 0.15) is 5.82 Å². The summed E-state index contributed by atoms with van der Waals surface area (Å²) in [5, 5.41) is 0. The van der Waals surface area contributed by atoms with Crippen molar-refractivity contribution in [2.45, 2.75) is 31.5 Å². The summed E-state index contributed by atoms with van der Waals surface area (Å²) in [6.45, 7) is 4.37. The molecule has 0 aliphatic rings. The lowest BCUT2D eigenvalue weighted by molar-refractivity contribution is 0.626. The van der Waals surface area contributed by atoms with E-state index < -0.39 is 0 Å². The van der Waals surface area contributed by atoms with Crippen LogP contribution in [0.1, 0.15) is 40.9 Å². The van der Waals surface area contributed by atoms with Crippen LogP contribution in [0.15, 0.2) is 36.4 Å². The molecule has 1 atom stereocenters. The minimum Gasteiger partial charge on any atom is -0.207 e. The van der Waals surface area contributed by atoms with Crippen molar-refractivity contribution in [2.24, 2.45) is 0 Å². The van der Waals surface area contributed by atoms with Gasteiger partial charge in [0.15, 0.2) is 0 Å². The normalized spacial score (nSPS) is 12.4. The topological polar surface area (TPSA) is 0 Å². The fourth-order valence-electron chi connectivity index (χ4n) is 2.36. The summed E-state index contributed by atoms with van der Waals surface area (Å²) in [5.41, 5.74) is 5.14. The molecule has 0 heterocycles. The molecule has 0 nitrogen and oxygen atoms in total. The first-order chi connectivity index (χ1) is 9.56. The Morgan fingerprint density at radius 3 is 2.35 bits per heavy atom. The van der Waals surface area contributed by atoms with E-state index in [-0.39, 0.29) is 10.6 Å². The van der Waals surface area contributed by atoms with Crippen LogP contribution in [0.3, 0.4) is 0 Å². The van der Waals surface area contributed by atoms with Gasteiger partial charge in [-0.15, -0.1) is 0 Å². The van der Waals surface area contributed by atoms with Gasteiger partial charge in [-0.1, -0.05) is 54.0 Å². The summed E-state index contributed by atoms with van der Waals surface area (Å²) >= 11 is 5.94. The van der Waals surface area contributed by atoms with Gasteiger partial charge in [0, 0.05) is 3.57 Å². The third-order valence-corrected chi connectivity index (χ3v) is 5.48. The zero-order valence-corrected chi connectivity index (χ0v) is 15.3. The first-order valence-corrected chi connectivity index (χ1v) is 8.77. The average molecular weight is 447 g/mol. The lowest BCUT2D eigenvalue weighted by Crippen LogP contribution is -1.99. The third kappa shape index (κ3) is 3.42. The molecular formula is C17H17BrFI. The van der Waals surface area contributed by atoms with Crippen molar-refractivity contribution in [3.8, 4) is 0 Å². The average Bonchev–Trinajstić information content (AvgIpc) is 2.45. The van der Waals surface area contributed by atoms with Crippen LogP contribution in [0.5, 0.6) is 0 Å².